The van der Waals surface area contributed by atoms with Crippen LogP contribution in [-0.2, 0) is 16.2 Å². The maximum Gasteiger partial charge on any atom is 0.231 e. The number of rotatable bonds is 4. The molecule has 0 saturated heterocycles. The van der Waals surface area contributed by atoms with Gasteiger partial charge in [0.1, 0.15) is 11.3 Å². The van der Waals surface area contributed by atoms with E-state index >= 15 is 0 Å². The van der Waals surface area contributed by atoms with Crippen LogP contribution < -0.4 is 4.90 Å². The standard InChI is InChI=1S/C51H47N3O2/c1-49(2,3)33-29-37(46-38(30-33)39(24-25-52-46)50(4,5)6)32-26-31(35-17-15-23-45-47(35)53-48(56-45)36-16-9-14-22-44(36)55)27-34(28-32)54-42-20-12-10-18-40(42)51(7,8)41-19-11-13-21-43(41)54/h9-30,55H,1-8H3. The van der Waals surface area contributed by atoms with Crippen LogP contribution in [0.4, 0.5) is 17.1 Å². The molecule has 0 bridgehead atoms. The minimum atomic E-state index is -0.194. The van der Waals surface area contributed by atoms with Crippen molar-refractivity contribution in [3.05, 3.63) is 156 Å². The van der Waals surface area contributed by atoms with Gasteiger partial charge in [-0.05, 0) is 111 Å². The van der Waals surface area contributed by atoms with Gasteiger partial charge in [0.25, 0.3) is 0 Å². The van der Waals surface area contributed by atoms with Crippen molar-refractivity contribution < 1.29 is 9.52 Å². The monoisotopic (exact) mass is 733 g/mol. The zero-order valence-electron chi connectivity index (χ0n) is 33.4. The molecule has 0 saturated carbocycles. The van der Waals surface area contributed by atoms with Crippen LogP contribution in [0, 0.1) is 0 Å². The van der Waals surface area contributed by atoms with Gasteiger partial charge in [0, 0.05) is 33.8 Å². The number of pyridine rings is 1. The maximum absolute atomic E-state index is 10.7. The van der Waals surface area contributed by atoms with Crippen molar-refractivity contribution in [3.63, 3.8) is 0 Å². The lowest BCUT2D eigenvalue weighted by Gasteiger charge is -2.42. The second-order valence-corrected chi connectivity index (χ2v) is 17.7. The first-order valence-corrected chi connectivity index (χ1v) is 19.5. The van der Waals surface area contributed by atoms with Gasteiger partial charge >= 0.3 is 0 Å². The summed E-state index contributed by atoms with van der Waals surface area (Å²) in [5.41, 5.74) is 15.1. The minimum absolute atomic E-state index is 0.0799. The highest BCUT2D eigenvalue weighted by atomic mass is 16.3. The summed E-state index contributed by atoms with van der Waals surface area (Å²) in [5.74, 6) is 0.508. The molecular weight excluding hydrogens is 687 g/mol. The Morgan fingerprint density at radius 3 is 1.89 bits per heavy atom. The summed E-state index contributed by atoms with van der Waals surface area (Å²) >= 11 is 0. The SMILES string of the molecule is CC(C)(C)c1cc(-c2cc(-c3cccc4oc(-c5ccccc5O)nc34)cc(N3c4ccccc4C(C)(C)c4ccccc43)c2)c2nccc(C(C)(C)C)c2c1. The van der Waals surface area contributed by atoms with Gasteiger partial charge in [0.2, 0.25) is 5.89 Å². The number of fused-ring (bicyclic) bond motifs is 4. The highest BCUT2D eigenvalue weighted by Gasteiger charge is 2.37. The molecule has 5 heteroatoms. The molecule has 56 heavy (non-hydrogen) atoms. The number of oxazole rings is 1. The molecule has 1 aliphatic rings. The summed E-state index contributed by atoms with van der Waals surface area (Å²) < 4.78 is 6.34. The summed E-state index contributed by atoms with van der Waals surface area (Å²) in [7, 11) is 0. The lowest BCUT2D eigenvalue weighted by atomic mass is 9.73. The van der Waals surface area contributed by atoms with E-state index in [0.717, 1.165) is 50.3 Å². The largest absolute Gasteiger partial charge is 0.507 e. The summed E-state index contributed by atoms with van der Waals surface area (Å²) in [6.07, 6.45) is 1.96. The number of phenols is 1. The quantitative estimate of drug-likeness (QED) is 0.195. The zero-order valence-corrected chi connectivity index (χ0v) is 33.4. The molecule has 0 atom stereocenters. The highest BCUT2D eigenvalue weighted by Crippen LogP contribution is 2.53. The normalized spacial score (nSPS) is 13.9. The molecule has 1 N–H and O–H groups in total. The Morgan fingerprint density at radius 2 is 1.23 bits per heavy atom. The van der Waals surface area contributed by atoms with E-state index in [9.17, 15) is 5.11 Å². The molecule has 0 aliphatic carbocycles. The van der Waals surface area contributed by atoms with E-state index in [-0.39, 0.29) is 22.0 Å². The fourth-order valence-corrected chi connectivity index (χ4v) is 8.51. The molecule has 3 heterocycles. The first-order valence-electron chi connectivity index (χ1n) is 19.5. The van der Waals surface area contributed by atoms with Gasteiger partial charge in [-0.15, -0.1) is 0 Å². The van der Waals surface area contributed by atoms with Crippen LogP contribution in [0.3, 0.4) is 0 Å². The summed E-state index contributed by atoms with van der Waals surface area (Å²) in [6.45, 7) is 18.3. The number of hydrogen-bond acceptors (Lipinski definition) is 5. The van der Waals surface area contributed by atoms with Gasteiger partial charge in [-0.1, -0.05) is 116 Å². The molecule has 1 aliphatic heterocycles. The van der Waals surface area contributed by atoms with Crippen molar-refractivity contribution in [2.45, 2.75) is 71.6 Å². The Hall–Kier alpha value is -6.20. The summed E-state index contributed by atoms with van der Waals surface area (Å²) in [5, 5.41) is 11.9. The molecule has 2 aromatic heterocycles. The lowest BCUT2D eigenvalue weighted by molar-refractivity contribution is 0.474. The van der Waals surface area contributed by atoms with Crippen LogP contribution in [-0.4, -0.2) is 15.1 Å². The van der Waals surface area contributed by atoms with Crippen LogP contribution >= 0.6 is 0 Å². The molecule has 5 nitrogen and oxygen atoms in total. The van der Waals surface area contributed by atoms with Crippen molar-refractivity contribution >= 4 is 39.1 Å². The second kappa shape index (κ2) is 12.7. The molecule has 6 aromatic carbocycles. The number of aromatic hydroxyl groups is 1. The topological polar surface area (TPSA) is 62.4 Å². The average Bonchev–Trinajstić information content (AvgIpc) is 3.61. The Labute approximate surface area is 329 Å². The number of phenolic OH excluding ortho intramolecular Hbond substituents is 1. The molecule has 9 rings (SSSR count). The molecule has 8 aromatic rings. The Morgan fingerprint density at radius 1 is 0.607 bits per heavy atom. The van der Waals surface area contributed by atoms with Gasteiger partial charge in [-0.2, -0.15) is 0 Å². The Balaban J connectivity index is 1.37. The molecule has 0 amide bonds. The summed E-state index contributed by atoms with van der Waals surface area (Å²) in [4.78, 5) is 12.6. The van der Waals surface area contributed by atoms with Crippen molar-refractivity contribution in [2.75, 3.05) is 4.90 Å². The van der Waals surface area contributed by atoms with Crippen molar-refractivity contribution in [1.29, 1.82) is 0 Å². The molecule has 278 valence electrons. The second-order valence-electron chi connectivity index (χ2n) is 17.7. The smallest absolute Gasteiger partial charge is 0.231 e. The number of benzene rings is 6. The fraction of sp³-hybridized carbons (Fsp3) is 0.216. The van der Waals surface area contributed by atoms with Gasteiger partial charge in [0.05, 0.1) is 22.5 Å². The average molecular weight is 734 g/mol. The van der Waals surface area contributed by atoms with E-state index < -0.39 is 0 Å². The van der Waals surface area contributed by atoms with E-state index in [1.165, 1.54) is 27.6 Å². The highest BCUT2D eigenvalue weighted by molar-refractivity contribution is 6.01. The van der Waals surface area contributed by atoms with E-state index in [4.69, 9.17) is 14.4 Å². The van der Waals surface area contributed by atoms with Gasteiger partial charge in [-0.25, -0.2) is 4.98 Å². The van der Waals surface area contributed by atoms with Gasteiger partial charge in [-0.3, -0.25) is 4.98 Å². The third-order valence-corrected chi connectivity index (χ3v) is 11.5. The number of nitrogens with zero attached hydrogens (tertiary/aromatic N) is 3. The van der Waals surface area contributed by atoms with Crippen molar-refractivity contribution in [1.82, 2.24) is 9.97 Å². The Bertz CT molecular complexity index is 2780. The minimum Gasteiger partial charge on any atom is -0.507 e. The Kier molecular flexibility index (Phi) is 8.03. The van der Waals surface area contributed by atoms with E-state index in [2.05, 4.69) is 151 Å². The third-order valence-electron chi connectivity index (χ3n) is 11.5. The lowest BCUT2D eigenvalue weighted by Crippen LogP contribution is -2.30. The van der Waals surface area contributed by atoms with Crippen LogP contribution in [0.5, 0.6) is 5.75 Å². The maximum atomic E-state index is 10.7. The van der Waals surface area contributed by atoms with E-state index in [1.54, 1.807) is 12.1 Å². The molecular formula is C51H47N3O2. The van der Waals surface area contributed by atoms with Crippen LogP contribution in [0.1, 0.15) is 77.6 Å². The molecule has 0 fully saturated rings. The summed E-state index contributed by atoms with van der Waals surface area (Å²) in [6, 6.07) is 44.6. The predicted octanol–water partition coefficient (Wildman–Crippen LogP) is 13.8. The van der Waals surface area contributed by atoms with Crippen LogP contribution in [0.15, 0.2) is 138 Å². The number of hydrogen-bond donors (Lipinski definition) is 1. The molecule has 0 spiro atoms. The number of aromatic nitrogens is 2. The van der Waals surface area contributed by atoms with Crippen LogP contribution in [0.25, 0.3) is 55.7 Å². The van der Waals surface area contributed by atoms with Crippen molar-refractivity contribution in [3.8, 4) is 39.5 Å². The van der Waals surface area contributed by atoms with Crippen LogP contribution in [0.2, 0.25) is 0 Å². The first kappa shape index (κ1) is 35.5. The van der Waals surface area contributed by atoms with Crippen molar-refractivity contribution in [2.24, 2.45) is 0 Å². The zero-order chi connectivity index (χ0) is 39.1. The molecule has 0 unspecified atom stereocenters. The van der Waals surface area contributed by atoms with Gasteiger partial charge in [0.15, 0.2) is 5.58 Å². The number of anilines is 3. The fourth-order valence-electron chi connectivity index (χ4n) is 8.51. The van der Waals surface area contributed by atoms with E-state index in [0.29, 0.717) is 17.0 Å². The molecule has 0 radical (unpaired) electrons. The third kappa shape index (κ3) is 5.76. The van der Waals surface area contributed by atoms with Gasteiger partial charge < -0.3 is 14.4 Å². The predicted molar refractivity (Wildman–Crippen MR) is 231 cm³/mol. The number of para-hydroxylation sites is 4. The first-order chi connectivity index (χ1) is 26.7. The van der Waals surface area contributed by atoms with E-state index in [1.807, 2.05) is 30.5 Å².